The first-order valence-electron chi connectivity index (χ1n) is 6.50. The lowest BCUT2D eigenvalue weighted by atomic mass is 9.98. The maximum absolute atomic E-state index is 13.1. The smallest absolute Gasteiger partial charge is 0.231 e. The van der Waals surface area contributed by atoms with Gasteiger partial charge in [0.2, 0.25) is 5.89 Å². The molecule has 1 aliphatic heterocycles. The number of halogens is 1. The molecule has 4 nitrogen and oxygen atoms in total. The highest BCUT2D eigenvalue weighted by Crippen LogP contribution is 2.26. The lowest BCUT2D eigenvalue weighted by Crippen LogP contribution is -2.08. The number of nitrogens with zero attached hydrogens (tertiary/aromatic N) is 2. The van der Waals surface area contributed by atoms with E-state index in [9.17, 15) is 4.39 Å². The average Bonchev–Trinajstić information content (AvgIpc) is 2.98. The van der Waals surface area contributed by atoms with Gasteiger partial charge in [-0.25, -0.2) is 4.39 Å². The Morgan fingerprint density at radius 2 is 2.32 bits per heavy atom. The Balaban J connectivity index is 1.74. The topological polar surface area (TPSA) is 51.0 Å². The molecule has 0 radical (unpaired) electrons. The van der Waals surface area contributed by atoms with E-state index in [2.05, 4.69) is 22.4 Å². The van der Waals surface area contributed by atoms with Crippen molar-refractivity contribution >= 4 is 0 Å². The van der Waals surface area contributed by atoms with Gasteiger partial charge in [0.15, 0.2) is 5.82 Å². The second-order valence-corrected chi connectivity index (χ2v) is 5.10. The summed E-state index contributed by atoms with van der Waals surface area (Å²) in [6, 6.07) is 6.47. The van der Waals surface area contributed by atoms with Crippen LogP contribution in [0.2, 0.25) is 0 Å². The Morgan fingerprint density at radius 3 is 3.05 bits per heavy atom. The van der Waals surface area contributed by atoms with Crippen LogP contribution < -0.4 is 5.32 Å². The predicted molar refractivity (Wildman–Crippen MR) is 68.3 cm³/mol. The molecule has 0 spiro atoms. The van der Waals surface area contributed by atoms with Crippen molar-refractivity contribution in [2.75, 3.05) is 13.1 Å². The molecule has 0 amide bonds. The van der Waals surface area contributed by atoms with E-state index in [1.165, 1.54) is 12.1 Å². The van der Waals surface area contributed by atoms with Gasteiger partial charge in [-0.1, -0.05) is 24.2 Å². The lowest BCUT2D eigenvalue weighted by Gasteiger charge is -2.07. The molecule has 0 aliphatic carbocycles. The molecule has 3 rings (SSSR count). The molecule has 2 heterocycles. The van der Waals surface area contributed by atoms with Gasteiger partial charge in [-0.3, -0.25) is 0 Å². The minimum absolute atomic E-state index is 0.241. The normalized spacial score (nSPS) is 22.8. The van der Waals surface area contributed by atoms with Gasteiger partial charge in [0, 0.05) is 13.0 Å². The van der Waals surface area contributed by atoms with Crippen LogP contribution >= 0.6 is 0 Å². The third kappa shape index (κ3) is 2.66. The van der Waals surface area contributed by atoms with E-state index in [0.717, 1.165) is 18.7 Å². The van der Waals surface area contributed by atoms with Crippen LogP contribution in [0.3, 0.4) is 0 Å². The fourth-order valence-electron chi connectivity index (χ4n) is 2.46. The Kier molecular flexibility index (Phi) is 3.29. The van der Waals surface area contributed by atoms with E-state index in [4.69, 9.17) is 4.52 Å². The van der Waals surface area contributed by atoms with Crippen LogP contribution in [-0.2, 0) is 6.42 Å². The molecule has 1 N–H and O–H groups in total. The summed E-state index contributed by atoms with van der Waals surface area (Å²) in [4.78, 5) is 4.43. The van der Waals surface area contributed by atoms with Crippen molar-refractivity contribution in [2.24, 2.45) is 5.92 Å². The number of rotatable bonds is 3. The van der Waals surface area contributed by atoms with Crippen LogP contribution in [0.25, 0.3) is 0 Å². The van der Waals surface area contributed by atoms with E-state index in [0.29, 0.717) is 24.1 Å². The summed E-state index contributed by atoms with van der Waals surface area (Å²) in [5.74, 6) is 1.84. The van der Waals surface area contributed by atoms with Gasteiger partial charge >= 0.3 is 0 Å². The maximum atomic E-state index is 13.1. The van der Waals surface area contributed by atoms with Crippen LogP contribution in [0.4, 0.5) is 4.39 Å². The monoisotopic (exact) mass is 261 g/mol. The first kappa shape index (κ1) is 12.3. The van der Waals surface area contributed by atoms with Crippen molar-refractivity contribution in [1.82, 2.24) is 15.5 Å². The third-order valence-corrected chi connectivity index (χ3v) is 3.57. The van der Waals surface area contributed by atoms with Crippen molar-refractivity contribution in [1.29, 1.82) is 0 Å². The molecular formula is C14H16FN3O. The molecule has 2 atom stereocenters. The minimum atomic E-state index is -0.241. The molecule has 2 aromatic rings. The maximum Gasteiger partial charge on any atom is 0.231 e. The number of hydrogen-bond acceptors (Lipinski definition) is 4. The van der Waals surface area contributed by atoms with Gasteiger partial charge in [0.05, 0.1) is 5.92 Å². The van der Waals surface area contributed by atoms with Gasteiger partial charge < -0.3 is 9.84 Å². The van der Waals surface area contributed by atoms with Gasteiger partial charge in [0.25, 0.3) is 0 Å². The summed E-state index contributed by atoms with van der Waals surface area (Å²) < 4.78 is 18.4. The molecule has 19 heavy (non-hydrogen) atoms. The molecule has 5 heteroatoms. The van der Waals surface area contributed by atoms with E-state index >= 15 is 0 Å². The number of benzene rings is 1. The molecule has 100 valence electrons. The lowest BCUT2D eigenvalue weighted by molar-refractivity contribution is 0.337. The zero-order valence-corrected chi connectivity index (χ0v) is 10.8. The summed E-state index contributed by atoms with van der Waals surface area (Å²) in [5.41, 5.74) is 0.852. The molecule has 1 aromatic heterocycles. The van der Waals surface area contributed by atoms with Crippen molar-refractivity contribution in [2.45, 2.75) is 19.3 Å². The van der Waals surface area contributed by atoms with Crippen molar-refractivity contribution in [3.63, 3.8) is 0 Å². The molecular weight excluding hydrogens is 245 g/mol. The van der Waals surface area contributed by atoms with Gasteiger partial charge in [-0.05, 0) is 30.2 Å². The summed E-state index contributed by atoms with van der Waals surface area (Å²) in [7, 11) is 0. The highest BCUT2D eigenvalue weighted by molar-refractivity contribution is 5.20. The predicted octanol–water partition coefficient (Wildman–Crippen LogP) is 2.12. The zero-order valence-electron chi connectivity index (χ0n) is 10.8. The first-order chi connectivity index (χ1) is 9.22. The van der Waals surface area contributed by atoms with Crippen LogP contribution in [0.1, 0.15) is 30.1 Å². The summed E-state index contributed by atoms with van der Waals surface area (Å²) >= 11 is 0. The Morgan fingerprint density at radius 1 is 1.42 bits per heavy atom. The van der Waals surface area contributed by atoms with Gasteiger partial charge in [-0.2, -0.15) is 4.98 Å². The Labute approximate surface area is 111 Å². The fraction of sp³-hybridized carbons (Fsp3) is 0.429. The van der Waals surface area contributed by atoms with Crippen molar-refractivity contribution in [3.05, 3.63) is 47.4 Å². The van der Waals surface area contributed by atoms with Gasteiger partial charge in [-0.15, -0.1) is 0 Å². The van der Waals surface area contributed by atoms with E-state index in [1.807, 2.05) is 6.07 Å². The first-order valence-corrected chi connectivity index (χ1v) is 6.50. The second kappa shape index (κ2) is 5.09. The van der Waals surface area contributed by atoms with Gasteiger partial charge in [0.1, 0.15) is 5.82 Å². The molecule has 0 bridgehead atoms. The second-order valence-electron chi connectivity index (χ2n) is 5.10. The average molecular weight is 261 g/mol. The SMILES string of the molecule is C[C@@H]1CNC[C@H]1c1nc(Cc2cccc(F)c2)no1. The largest absolute Gasteiger partial charge is 0.339 e. The summed E-state index contributed by atoms with van der Waals surface area (Å²) in [5, 5.41) is 7.29. The molecule has 1 aliphatic rings. The summed E-state index contributed by atoms with van der Waals surface area (Å²) in [6.45, 7) is 4.02. The highest BCUT2D eigenvalue weighted by atomic mass is 19.1. The van der Waals surface area contributed by atoms with Crippen molar-refractivity contribution in [3.8, 4) is 0 Å². The van der Waals surface area contributed by atoms with E-state index in [-0.39, 0.29) is 11.7 Å². The Hall–Kier alpha value is -1.75. The molecule has 1 fully saturated rings. The standard InChI is InChI=1S/C14H16FN3O/c1-9-7-16-8-12(9)14-17-13(18-19-14)6-10-3-2-4-11(15)5-10/h2-5,9,12,16H,6-8H2,1H3/t9-,12-/m1/s1. The molecule has 1 saturated heterocycles. The zero-order chi connectivity index (χ0) is 13.2. The van der Waals surface area contributed by atoms with Crippen LogP contribution in [-0.4, -0.2) is 23.2 Å². The Bertz CT molecular complexity index is 569. The van der Waals surface area contributed by atoms with E-state index in [1.54, 1.807) is 6.07 Å². The van der Waals surface area contributed by atoms with Crippen molar-refractivity contribution < 1.29 is 8.91 Å². The molecule has 1 aromatic carbocycles. The summed E-state index contributed by atoms with van der Waals surface area (Å²) in [6.07, 6.45) is 0.496. The number of nitrogens with one attached hydrogen (secondary N) is 1. The highest BCUT2D eigenvalue weighted by Gasteiger charge is 2.29. The number of aromatic nitrogens is 2. The van der Waals surface area contributed by atoms with Crippen LogP contribution in [0.5, 0.6) is 0 Å². The third-order valence-electron chi connectivity index (χ3n) is 3.57. The van der Waals surface area contributed by atoms with E-state index < -0.39 is 0 Å². The quantitative estimate of drug-likeness (QED) is 0.919. The van der Waals surface area contributed by atoms with Crippen LogP contribution in [0.15, 0.2) is 28.8 Å². The number of hydrogen-bond donors (Lipinski definition) is 1. The van der Waals surface area contributed by atoms with Crippen LogP contribution in [0, 0.1) is 11.7 Å². The molecule has 0 unspecified atom stereocenters. The molecule has 0 saturated carbocycles. The fourth-order valence-corrected chi connectivity index (χ4v) is 2.46. The minimum Gasteiger partial charge on any atom is -0.339 e.